The molecule has 19 heavy (non-hydrogen) atoms. The Bertz CT molecular complexity index is 554. The van der Waals surface area contributed by atoms with Gasteiger partial charge in [-0.1, -0.05) is 0 Å². The quantitative estimate of drug-likeness (QED) is 0.878. The zero-order valence-electron chi connectivity index (χ0n) is 10.5. The van der Waals surface area contributed by atoms with Crippen LogP contribution >= 0.6 is 11.3 Å². The van der Waals surface area contributed by atoms with Crippen molar-refractivity contribution >= 4 is 17.3 Å². The van der Waals surface area contributed by atoms with Crippen LogP contribution in [-0.4, -0.2) is 28.2 Å². The van der Waals surface area contributed by atoms with Gasteiger partial charge in [-0.05, 0) is 18.6 Å². The number of aliphatic carboxylic acids is 1. The first-order chi connectivity index (χ1) is 9.20. The molecule has 0 fully saturated rings. The number of aromatic nitrogens is 2. The average Bonchev–Trinajstić information content (AvgIpc) is 2.81. The van der Waals surface area contributed by atoms with Crippen molar-refractivity contribution < 1.29 is 14.6 Å². The summed E-state index contributed by atoms with van der Waals surface area (Å²) in [7, 11) is 1.60. The van der Waals surface area contributed by atoms with Crippen LogP contribution in [0.2, 0.25) is 0 Å². The van der Waals surface area contributed by atoms with Crippen LogP contribution in [0.3, 0.4) is 0 Å². The molecule has 0 radical (unpaired) electrons. The summed E-state index contributed by atoms with van der Waals surface area (Å²) in [6.07, 6.45) is 4.03. The fourth-order valence-corrected chi connectivity index (χ4v) is 2.72. The summed E-state index contributed by atoms with van der Waals surface area (Å²) in [5, 5.41) is 9.61. The molecule has 0 unspecified atom stereocenters. The Balaban J connectivity index is 2.26. The standard InChI is InChI=1S/C13H14N2O3S/c1-18-8-10-11(4-5-12(16)17)19-13(15-10)9-3-2-6-14-7-9/h2-3,6-7H,4-5,8H2,1H3,(H,16,17). The van der Waals surface area contributed by atoms with E-state index in [1.54, 1.807) is 19.5 Å². The molecule has 1 N–H and O–H groups in total. The van der Waals surface area contributed by atoms with Gasteiger partial charge in [-0.15, -0.1) is 11.3 Å². The molecule has 0 bridgehead atoms. The number of thiazole rings is 1. The molecule has 0 saturated heterocycles. The van der Waals surface area contributed by atoms with E-state index in [9.17, 15) is 4.79 Å². The van der Waals surface area contributed by atoms with Gasteiger partial charge in [-0.3, -0.25) is 9.78 Å². The van der Waals surface area contributed by atoms with E-state index in [1.807, 2.05) is 12.1 Å². The minimum atomic E-state index is -0.806. The summed E-state index contributed by atoms with van der Waals surface area (Å²) in [4.78, 5) is 20.2. The third-order valence-electron chi connectivity index (χ3n) is 2.53. The molecule has 2 aromatic rings. The van der Waals surface area contributed by atoms with Crippen LogP contribution in [0.25, 0.3) is 10.6 Å². The van der Waals surface area contributed by atoms with Crippen LogP contribution in [0, 0.1) is 0 Å². The molecule has 0 aliphatic heterocycles. The maximum atomic E-state index is 10.7. The lowest BCUT2D eigenvalue weighted by Crippen LogP contribution is -1.99. The Kier molecular flexibility index (Phi) is 4.59. The van der Waals surface area contributed by atoms with E-state index < -0.39 is 5.97 Å². The second kappa shape index (κ2) is 6.40. The third kappa shape index (κ3) is 3.59. The van der Waals surface area contributed by atoms with Crippen molar-refractivity contribution in [2.24, 2.45) is 0 Å². The number of methoxy groups -OCH3 is 1. The van der Waals surface area contributed by atoms with E-state index in [-0.39, 0.29) is 6.42 Å². The van der Waals surface area contributed by atoms with E-state index in [4.69, 9.17) is 9.84 Å². The van der Waals surface area contributed by atoms with Crippen molar-refractivity contribution in [2.45, 2.75) is 19.4 Å². The fraction of sp³-hybridized carbons (Fsp3) is 0.308. The minimum absolute atomic E-state index is 0.103. The lowest BCUT2D eigenvalue weighted by atomic mass is 10.2. The van der Waals surface area contributed by atoms with Gasteiger partial charge in [0.25, 0.3) is 0 Å². The Hall–Kier alpha value is -1.79. The highest BCUT2D eigenvalue weighted by atomic mass is 32.1. The maximum absolute atomic E-state index is 10.7. The van der Waals surface area contributed by atoms with Gasteiger partial charge in [-0.2, -0.15) is 0 Å². The molecule has 5 nitrogen and oxygen atoms in total. The first kappa shape index (κ1) is 13.6. The topological polar surface area (TPSA) is 72.3 Å². The lowest BCUT2D eigenvalue weighted by molar-refractivity contribution is -0.136. The van der Waals surface area contributed by atoms with Crippen LogP contribution in [0.5, 0.6) is 0 Å². The van der Waals surface area contributed by atoms with Crippen molar-refractivity contribution in [2.75, 3.05) is 7.11 Å². The summed E-state index contributed by atoms with van der Waals surface area (Å²) >= 11 is 1.50. The van der Waals surface area contributed by atoms with E-state index in [2.05, 4.69) is 9.97 Å². The Morgan fingerprint density at radius 3 is 3.00 bits per heavy atom. The molecule has 2 rings (SSSR count). The van der Waals surface area contributed by atoms with E-state index in [1.165, 1.54) is 11.3 Å². The van der Waals surface area contributed by atoms with Crippen molar-refractivity contribution in [1.29, 1.82) is 0 Å². The van der Waals surface area contributed by atoms with Crippen LogP contribution in [-0.2, 0) is 22.6 Å². The number of ether oxygens (including phenoxy) is 1. The van der Waals surface area contributed by atoms with Crippen LogP contribution in [0.4, 0.5) is 0 Å². The van der Waals surface area contributed by atoms with Crippen LogP contribution in [0.15, 0.2) is 24.5 Å². The van der Waals surface area contributed by atoms with Gasteiger partial charge in [0.15, 0.2) is 0 Å². The normalized spacial score (nSPS) is 10.6. The minimum Gasteiger partial charge on any atom is -0.481 e. The molecule has 100 valence electrons. The van der Waals surface area contributed by atoms with Crippen LogP contribution in [0.1, 0.15) is 17.0 Å². The predicted octanol–water partition coefficient (Wildman–Crippen LogP) is 2.37. The number of hydrogen-bond donors (Lipinski definition) is 1. The summed E-state index contributed by atoms with van der Waals surface area (Å²) < 4.78 is 5.11. The highest BCUT2D eigenvalue weighted by molar-refractivity contribution is 7.15. The largest absolute Gasteiger partial charge is 0.481 e. The van der Waals surface area contributed by atoms with Crippen LogP contribution < -0.4 is 0 Å². The second-order valence-corrected chi connectivity index (χ2v) is 5.04. The number of aryl methyl sites for hydroxylation is 1. The average molecular weight is 278 g/mol. The number of nitrogens with zero attached hydrogens (tertiary/aromatic N) is 2. The Labute approximate surface area is 114 Å². The molecule has 0 spiro atoms. The maximum Gasteiger partial charge on any atom is 0.303 e. The first-order valence-corrected chi connectivity index (χ1v) is 6.62. The summed E-state index contributed by atoms with van der Waals surface area (Å²) in [6.45, 7) is 0.395. The van der Waals surface area contributed by atoms with E-state index in [0.29, 0.717) is 13.0 Å². The number of hydrogen-bond acceptors (Lipinski definition) is 5. The van der Waals surface area contributed by atoms with Gasteiger partial charge in [0.2, 0.25) is 0 Å². The fourth-order valence-electron chi connectivity index (χ4n) is 1.66. The molecule has 2 aromatic heterocycles. The van der Waals surface area contributed by atoms with Crippen molar-refractivity contribution in [1.82, 2.24) is 9.97 Å². The molecule has 0 aliphatic carbocycles. The summed E-state index contributed by atoms with van der Waals surface area (Å²) in [5.74, 6) is -0.806. The summed E-state index contributed by atoms with van der Waals surface area (Å²) in [6, 6.07) is 3.78. The number of rotatable bonds is 6. The molecule has 0 atom stereocenters. The van der Waals surface area contributed by atoms with Gasteiger partial charge in [0, 0.05) is 29.9 Å². The first-order valence-electron chi connectivity index (χ1n) is 5.80. The monoisotopic (exact) mass is 278 g/mol. The predicted molar refractivity (Wildman–Crippen MR) is 72.0 cm³/mol. The van der Waals surface area contributed by atoms with Crippen molar-refractivity contribution in [3.05, 3.63) is 35.1 Å². The number of carboxylic acids is 1. The summed E-state index contributed by atoms with van der Waals surface area (Å²) in [5.41, 5.74) is 1.75. The van der Waals surface area contributed by atoms with Gasteiger partial charge in [-0.25, -0.2) is 4.98 Å². The van der Waals surface area contributed by atoms with Gasteiger partial charge in [0.1, 0.15) is 5.01 Å². The zero-order valence-corrected chi connectivity index (χ0v) is 11.3. The molecule has 0 aliphatic rings. The smallest absolute Gasteiger partial charge is 0.303 e. The SMILES string of the molecule is COCc1nc(-c2cccnc2)sc1CCC(=O)O. The molecule has 6 heteroatoms. The van der Waals surface area contributed by atoms with E-state index >= 15 is 0 Å². The molecule has 2 heterocycles. The highest BCUT2D eigenvalue weighted by Crippen LogP contribution is 2.28. The Morgan fingerprint density at radius 2 is 2.37 bits per heavy atom. The third-order valence-corrected chi connectivity index (χ3v) is 3.74. The van der Waals surface area contributed by atoms with Gasteiger partial charge < -0.3 is 9.84 Å². The molecular formula is C13H14N2O3S. The molecule has 0 saturated carbocycles. The second-order valence-electron chi connectivity index (χ2n) is 3.96. The van der Waals surface area contributed by atoms with Crippen molar-refractivity contribution in [3.63, 3.8) is 0 Å². The molecule has 0 aromatic carbocycles. The number of carboxylic acid groups (broad SMARTS) is 1. The van der Waals surface area contributed by atoms with Gasteiger partial charge in [0.05, 0.1) is 18.7 Å². The molecular weight excluding hydrogens is 264 g/mol. The lowest BCUT2D eigenvalue weighted by Gasteiger charge is -1.98. The van der Waals surface area contributed by atoms with E-state index in [0.717, 1.165) is 21.1 Å². The van der Waals surface area contributed by atoms with Gasteiger partial charge >= 0.3 is 5.97 Å². The number of pyridine rings is 1. The molecule has 0 amide bonds. The zero-order chi connectivity index (χ0) is 13.7. The van der Waals surface area contributed by atoms with Crippen molar-refractivity contribution in [3.8, 4) is 10.6 Å². The number of carbonyl (C=O) groups is 1. The highest BCUT2D eigenvalue weighted by Gasteiger charge is 2.13. The Morgan fingerprint density at radius 1 is 1.53 bits per heavy atom.